The molecule has 1 aromatic rings. The van der Waals surface area contributed by atoms with E-state index < -0.39 is 0 Å². The number of aromatic hydroxyl groups is 1. The van der Waals surface area contributed by atoms with Gasteiger partial charge in [-0.2, -0.15) is 0 Å². The van der Waals surface area contributed by atoms with Gasteiger partial charge in [-0.05, 0) is 19.1 Å². The molecule has 0 aliphatic carbocycles. The summed E-state index contributed by atoms with van der Waals surface area (Å²) >= 11 is 5.56. The van der Waals surface area contributed by atoms with Gasteiger partial charge in [0.25, 0.3) is 0 Å². The molecule has 1 heterocycles. The topological polar surface area (TPSA) is 40.5 Å². The number of carbonyl (C=O) groups is 1. The van der Waals surface area contributed by atoms with Crippen molar-refractivity contribution >= 4 is 50.1 Å². The molecule has 0 fully saturated rings. The molecule has 0 saturated carbocycles. The molecule has 1 unspecified atom stereocenters. The number of nitrogens with zero attached hydrogens (tertiary/aromatic N) is 1. The molecule has 0 aromatic heterocycles. The van der Waals surface area contributed by atoms with E-state index in [2.05, 4.69) is 44.6 Å². The second-order valence-corrected chi connectivity index (χ2v) is 6.30. The number of allylic oxidation sites excluding steroid dienone is 1. The number of halogens is 2. The zero-order valence-electron chi connectivity index (χ0n) is 10.4. The number of hydrogen-bond donors (Lipinski definition) is 1. The minimum absolute atomic E-state index is 0. The summed E-state index contributed by atoms with van der Waals surface area (Å²) in [4.78, 5) is 13.8. The van der Waals surface area contributed by atoms with Crippen LogP contribution in [-0.4, -0.2) is 26.4 Å². The third-order valence-electron chi connectivity index (χ3n) is 2.78. The van der Waals surface area contributed by atoms with Gasteiger partial charge in [0.2, 0.25) is 5.91 Å². The van der Waals surface area contributed by atoms with Crippen molar-refractivity contribution in [1.29, 1.82) is 0 Å². The molecule has 2 rings (SSSR count). The second-order valence-electron chi connectivity index (χ2n) is 3.94. The van der Waals surface area contributed by atoms with Crippen LogP contribution in [-0.2, 0) is 37.5 Å². The second kappa shape index (κ2) is 7.52. The molecule has 6 heteroatoms. The molecule has 1 N–H and O–H groups in total. The monoisotopic (exact) mass is 509 g/mol. The van der Waals surface area contributed by atoms with Gasteiger partial charge < -0.3 is 10.0 Å². The van der Waals surface area contributed by atoms with Crippen LogP contribution in [0.4, 0.5) is 0 Å². The maximum atomic E-state index is 12.1. The predicted octanol–water partition coefficient (Wildman–Crippen LogP) is 3.35. The van der Waals surface area contributed by atoms with Gasteiger partial charge in [0.15, 0.2) is 0 Å². The number of phenols is 1. The minimum atomic E-state index is -0.0396. The van der Waals surface area contributed by atoms with E-state index in [4.69, 9.17) is 0 Å². The quantitative estimate of drug-likeness (QED) is 0.377. The fourth-order valence-electron chi connectivity index (χ4n) is 1.90. The van der Waals surface area contributed by atoms with Crippen LogP contribution >= 0.6 is 38.5 Å². The summed E-state index contributed by atoms with van der Waals surface area (Å²) in [5.41, 5.74) is 1.67. The van der Waals surface area contributed by atoms with Gasteiger partial charge in [-0.1, -0.05) is 49.4 Å². The first-order chi connectivity index (χ1) is 8.54. The van der Waals surface area contributed by atoms with Crippen molar-refractivity contribution < 1.29 is 42.6 Å². The average molecular weight is 510 g/mol. The number of carbonyl (C=O) groups excluding carboxylic acids is 1. The third kappa shape index (κ3) is 3.80. The molecule has 1 aliphatic heterocycles. The Hall–Kier alpha value is 0.544. The first-order valence-electron chi connectivity index (χ1n) is 5.59. The van der Waals surface area contributed by atoms with Gasteiger partial charge in [0, 0.05) is 39.3 Å². The standard InChI is InChI=1S/C13H12BrINO2.Y/c1-2-16-12(6-5-11(15)13(16)18)9-4-3-8(17)7-10(9)14;/h3-4,7,11,17H,2,5H2,1H3;/q-1;. The molecule has 1 atom stereocenters. The number of amides is 1. The van der Waals surface area contributed by atoms with E-state index in [1.165, 1.54) is 0 Å². The SMILES string of the molecule is CCN1C(=O)C(I)C[C-]=C1c1ccc(O)cc1Br.[Y]. The van der Waals surface area contributed by atoms with Crippen molar-refractivity contribution in [3.05, 3.63) is 34.3 Å². The molecule has 0 saturated heterocycles. The fourth-order valence-corrected chi connectivity index (χ4v) is 3.01. The molecule has 0 bridgehead atoms. The summed E-state index contributed by atoms with van der Waals surface area (Å²) in [6.07, 6.45) is 3.90. The van der Waals surface area contributed by atoms with Crippen molar-refractivity contribution in [2.24, 2.45) is 0 Å². The minimum Gasteiger partial charge on any atom is -0.508 e. The van der Waals surface area contributed by atoms with Crippen LogP contribution in [0.25, 0.3) is 5.70 Å². The Bertz CT molecular complexity index is 521. The van der Waals surface area contributed by atoms with Gasteiger partial charge in [-0.3, -0.25) is 4.79 Å². The first-order valence-corrected chi connectivity index (χ1v) is 7.63. The Balaban J connectivity index is 0.00000180. The van der Waals surface area contributed by atoms with Crippen LogP contribution in [0.1, 0.15) is 18.9 Å². The largest absolute Gasteiger partial charge is 0.508 e. The third-order valence-corrected chi connectivity index (χ3v) is 4.41. The van der Waals surface area contributed by atoms with Gasteiger partial charge in [0.1, 0.15) is 5.75 Å². The molecule has 1 radical (unpaired) electrons. The van der Waals surface area contributed by atoms with Gasteiger partial charge >= 0.3 is 0 Å². The summed E-state index contributed by atoms with van der Waals surface area (Å²) in [7, 11) is 0. The van der Waals surface area contributed by atoms with Crippen LogP contribution in [0.5, 0.6) is 5.75 Å². The molecule has 0 spiro atoms. The first kappa shape index (κ1) is 17.6. The number of alkyl halides is 1. The maximum absolute atomic E-state index is 12.1. The zero-order valence-corrected chi connectivity index (χ0v) is 16.9. The van der Waals surface area contributed by atoms with E-state index in [-0.39, 0.29) is 48.3 Å². The van der Waals surface area contributed by atoms with Crippen LogP contribution < -0.4 is 0 Å². The Labute approximate surface area is 160 Å². The fraction of sp³-hybridized carbons (Fsp3) is 0.308. The van der Waals surface area contributed by atoms with Gasteiger partial charge in [-0.25, -0.2) is 6.08 Å². The summed E-state index contributed by atoms with van der Waals surface area (Å²) in [5, 5.41) is 9.41. The van der Waals surface area contributed by atoms with Gasteiger partial charge in [0.05, 0.1) is 3.92 Å². The smallest absolute Gasteiger partial charge is 0.235 e. The Morgan fingerprint density at radius 2 is 2.26 bits per heavy atom. The molecule has 3 nitrogen and oxygen atoms in total. The van der Waals surface area contributed by atoms with Crippen molar-refractivity contribution in [2.75, 3.05) is 6.54 Å². The Morgan fingerprint density at radius 3 is 2.84 bits per heavy atom. The number of hydrogen-bond acceptors (Lipinski definition) is 2. The molecular weight excluding hydrogens is 498 g/mol. The number of rotatable bonds is 2. The molecule has 1 amide bonds. The molecular formula is C13H12BrINO2Y-. The van der Waals surface area contributed by atoms with Crippen molar-refractivity contribution in [3.63, 3.8) is 0 Å². The van der Waals surface area contributed by atoms with E-state index in [0.717, 1.165) is 15.7 Å². The number of benzene rings is 1. The van der Waals surface area contributed by atoms with Crippen LogP contribution in [0.2, 0.25) is 0 Å². The Morgan fingerprint density at radius 1 is 1.58 bits per heavy atom. The van der Waals surface area contributed by atoms with Gasteiger partial charge in [-0.15, -0.1) is 17.3 Å². The Kier molecular flexibility index (Phi) is 6.97. The van der Waals surface area contributed by atoms with E-state index >= 15 is 0 Å². The maximum Gasteiger partial charge on any atom is 0.235 e. The summed E-state index contributed by atoms with van der Waals surface area (Å²) < 4.78 is 0.727. The molecule has 1 aliphatic rings. The van der Waals surface area contributed by atoms with Crippen LogP contribution in [0.15, 0.2) is 22.7 Å². The summed E-state index contributed by atoms with van der Waals surface area (Å²) in [6, 6.07) is 5.03. The van der Waals surface area contributed by atoms with Crippen LogP contribution in [0, 0.1) is 6.08 Å². The van der Waals surface area contributed by atoms with Crippen molar-refractivity contribution in [1.82, 2.24) is 4.90 Å². The summed E-state index contributed by atoms with van der Waals surface area (Å²) in [5.74, 6) is 0.315. The molecule has 99 valence electrons. The predicted molar refractivity (Wildman–Crippen MR) is 82.3 cm³/mol. The van der Waals surface area contributed by atoms with E-state index in [1.807, 2.05) is 6.92 Å². The molecule has 19 heavy (non-hydrogen) atoms. The summed E-state index contributed by atoms with van der Waals surface area (Å²) in [6.45, 7) is 2.57. The number of phenolic OH excluding ortho intramolecular Hbond substituents is 1. The average Bonchev–Trinajstić information content (AvgIpc) is 2.33. The molecule has 1 aromatic carbocycles. The van der Waals surface area contributed by atoms with E-state index in [1.54, 1.807) is 23.1 Å². The van der Waals surface area contributed by atoms with Crippen molar-refractivity contribution in [2.45, 2.75) is 17.3 Å². The van der Waals surface area contributed by atoms with Crippen molar-refractivity contribution in [3.8, 4) is 5.75 Å². The normalized spacial score (nSPS) is 18.9. The van der Waals surface area contributed by atoms with Crippen LogP contribution in [0.3, 0.4) is 0 Å². The van der Waals surface area contributed by atoms with E-state index in [0.29, 0.717) is 13.0 Å². The zero-order chi connectivity index (χ0) is 13.3. The van der Waals surface area contributed by atoms with E-state index in [9.17, 15) is 9.90 Å².